The minimum absolute atomic E-state index is 0.0149. The van der Waals surface area contributed by atoms with Crippen molar-refractivity contribution in [3.63, 3.8) is 0 Å². The number of aromatic carboxylic acids is 2. The SMILES string of the molecule is O=C(O)c1ccc(C#Cc2cnc3ccccc3n2)c(-c2cc(C(=O)O)ccc2C#Cc2cnc3ccccc3n2)c1. The van der Waals surface area contributed by atoms with Crippen molar-refractivity contribution in [2.75, 3.05) is 0 Å². The van der Waals surface area contributed by atoms with E-state index in [4.69, 9.17) is 0 Å². The third-order valence-electron chi connectivity index (χ3n) is 6.37. The Morgan fingerprint density at radius 1 is 0.524 bits per heavy atom. The normalized spacial score (nSPS) is 10.4. The first kappa shape index (κ1) is 25.9. The molecule has 2 heterocycles. The van der Waals surface area contributed by atoms with Crippen molar-refractivity contribution in [3.8, 4) is 34.8 Å². The van der Waals surface area contributed by atoms with E-state index in [0.717, 1.165) is 11.0 Å². The van der Waals surface area contributed by atoms with Crippen LogP contribution in [0.2, 0.25) is 0 Å². The molecule has 0 aliphatic heterocycles. The Bertz CT molecular complexity index is 2030. The fraction of sp³-hybridized carbons (Fsp3) is 0. The van der Waals surface area contributed by atoms with Gasteiger partial charge in [0.1, 0.15) is 11.4 Å². The second-order valence-corrected chi connectivity index (χ2v) is 9.12. The molecule has 0 aliphatic rings. The topological polar surface area (TPSA) is 126 Å². The van der Waals surface area contributed by atoms with Gasteiger partial charge in [0.2, 0.25) is 0 Å². The summed E-state index contributed by atoms with van der Waals surface area (Å²) in [4.78, 5) is 41.6. The van der Waals surface area contributed by atoms with Gasteiger partial charge < -0.3 is 10.2 Å². The fourth-order valence-electron chi connectivity index (χ4n) is 4.32. The number of aromatic nitrogens is 4. The summed E-state index contributed by atoms with van der Waals surface area (Å²) >= 11 is 0. The van der Waals surface area contributed by atoms with E-state index in [2.05, 4.69) is 43.6 Å². The van der Waals surface area contributed by atoms with Gasteiger partial charge in [-0.2, -0.15) is 0 Å². The van der Waals surface area contributed by atoms with E-state index >= 15 is 0 Å². The Labute approximate surface area is 239 Å². The number of benzene rings is 4. The zero-order valence-corrected chi connectivity index (χ0v) is 21.7. The van der Waals surface area contributed by atoms with Crippen LogP contribution >= 0.6 is 0 Å². The van der Waals surface area contributed by atoms with Gasteiger partial charge in [0.25, 0.3) is 0 Å². The molecule has 42 heavy (non-hydrogen) atoms. The molecule has 198 valence electrons. The molecule has 0 unspecified atom stereocenters. The van der Waals surface area contributed by atoms with Gasteiger partial charge in [-0.15, -0.1) is 0 Å². The molecule has 0 bridgehead atoms. The van der Waals surface area contributed by atoms with E-state index in [0.29, 0.717) is 44.7 Å². The van der Waals surface area contributed by atoms with Crippen molar-refractivity contribution < 1.29 is 19.8 Å². The largest absolute Gasteiger partial charge is 0.478 e. The van der Waals surface area contributed by atoms with Crippen molar-refractivity contribution in [3.05, 3.63) is 131 Å². The number of hydrogen-bond acceptors (Lipinski definition) is 6. The lowest BCUT2D eigenvalue weighted by atomic mass is 9.92. The Morgan fingerprint density at radius 3 is 1.33 bits per heavy atom. The fourth-order valence-corrected chi connectivity index (χ4v) is 4.32. The molecule has 0 radical (unpaired) electrons. The number of para-hydroxylation sites is 4. The molecule has 0 saturated carbocycles. The van der Waals surface area contributed by atoms with Gasteiger partial charge in [0, 0.05) is 11.1 Å². The zero-order chi connectivity index (χ0) is 29.1. The van der Waals surface area contributed by atoms with Crippen LogP contribution in [0.1, 0.15) is 43.2 Å². The van der Waals surface area contributed by atoms with Gasteiger partial charge in [-0.1, -0.05) is 36.1 Å². The van der Waals surface area contributed by atoms with Crippen molar-refractivity contribution in [2.24, 2.45) is 0 Å². The molecule has 0 amide bonds. The summed E-state index contributed by atoms with van der Waals surface area (Å²) in [6.07, 6.45) is 3.13. The molecule has 6 aromatic rings. The molecule has 2 N–H and O–H groups in total. The molecule has 4 aromatic carbocycles. The van der Waals surface area contributed by atoms with Gasteiger partial charge >= 0.3 is 11.9 Å². The monoisotopic (exact) mass is 546 g/mol. The Balaban J connectivity index is 1.49. The van der Waals surface area contributed by atoms with Gasteiger partial charge in [-0.05, 0) is 83.6 Å². The van der Waals surface area contributed by atoms with Crippen molar-refractivity contribution >= 4 is 34.0 Å². The molecule has 6 rings (SSSR count). The number of carboxylic acids is 2. The average molecular weight is 547 g/mol. The molecule has 2 aromatic heterocycles. The lowest BCUT2D eigenvalue weighted by molar-refractivity contribution is 0.0686. The predicted molar refractivity (Wildman–Crippen MR) is 157 cm³/mol. The minimum Gasteiger partial charge on any atom is -0.478 e. The molecular formula is C34H18N4O4. The Kier molecular flexibility index (Phi) is 6.78. The van der Waals surface area contributed by atoms with E-state index in [1.807, 2.05) is 48.5 Å². The van der Waals surface area contributed by atoms with Gasteiger partial charge in [-0.3, -0.25) is 9.97 Å². The molecule has 0 spiro atoms. The number of rotatable bonds is 3. The van der Waals surface area contributed by atoms with Crippen LogP contribution in [0.3, 0.4) is 0 Å². The van der Waals surface area contributed by atoms with Crippen molar-refractivity contribution in [1.29, 1.82) is 0 Å². The van der Waals surface area contributed by atoms with Crippen LogP contribution in [0.25, 0.3) is 33.2 Å². The number of nitrogens with zero attached hydrogens (tertiary/aromatic N) is 4. The summed E-state index contributed by atoms with van der Waals surface area (Å²) in [5.74, 6) is 9.87. The lowest BCUT2D eigenvalue weighted by Gasteiger charge is -2.11. The van der Waals surface area contributed by atoms with E-state index in [1.165, 1.54) is 24.3 Å². The van der Waals surface area contributed by atoms with Crippen LogP contribution in [0.15, 0.2) is 97.3 Å². The van der Waals surface area contributed by atoms with Crippen LogP contribution in [-0.4, -0.2) is 42.1 Å². The number of fused-ring (bicyclic) bond motifs is 2. The van der Waals surface area contributed by atoms with Crippen LogP contribution in [0, 0.1) is 23.7 Å². The smallest absolute Gasteiger partial charge is 0.335 e. The Morgan fingerprint density at radius 2 is 0.929 bits per heavy atom. The number of carboxylic acid groups (broad SMARTS) is 2. The van der Waals surface area contributed by atoms with Gasteiger partial charge in [-0.25, -0.2) is 19.6 Å². The Hall–Kier alpha value is -6.38. The number of carbonyl (C=O) groups is 2. The summed E-state index contributed by atoms with van der Waals surface area (Å²) in [5.41, 5.74) is 5.48. The highest BCUT2D eigenvalue weighted by molar-refractivity contribution is 5.94. The van der Waals surface area contributed by atoms with E-state index in [1.54, 1.807) is 24.5 Å². The third-order valence-corrected chi connectivity index (χ3v) is 6.37. The molecule has 0 fully saturated rings. The van der Waals surface area contributed by atoms with Crippen LogP contribution < -0.4 is 0 Å². The van der Waals surface area contributed by atoms with Gasteiger partial charge in [0.15, 0.2) is 0 Å². The van der Waals surface area contributed by atoms with E-state index in [-0.39, 0.29) is 11.1 Å². The maximum Gasteiger partial charge on any atom is 0.335 e. The maximum absolute atomic E-state index is 11.9. The second kappa shape index (κ2) is 11.0. The summed E-state index contributed by atoms with van der Waals surface area (Å²) in [5, 5.41) is 19.4. The molecule has 0 saturated heterocycles. The molecule has 8 nitrogen and oxygen atoms in total. The highest BCUT2D eigenvalue weighted by Gasteiger charge is 2.15. The summed E-state index contributed by atoms with van der Waals surface area (Å²) in [6, 6.07) is 23.8. The first-order valence-electron chi connectivity index (χ1n) is 12.7. The zero-order valence-electron chi connectivity index (χ0n) is 21.7. The average Bonchev–Trinajstić information content (AvgIpc) is 3.02. The van der Waals surface area contributed by atoms with Crippen molar-refractivity contribution in [1.82, 2.24) is 19.9 Å². The first-order chi connectivity index (χ1) is 20.4. The maximum atomic E-state index is 11.9. The highest BCUT2D eigenvalue weighted by Crippen LogP contribution is 2.29. The van der Waals surface area contributed by atoms with Gasteiger partial charge in [0.05, 0.1) is 45.6 Å². The summed E-state index contributed by atoms with van der Waals surface area (Å²) in [6.45, 7) is 0. The standard InChI is InChI=1S/C34H18N4O4/c39-33(40)23-11-9-21(13-15-25-19-35-29-5-1-3-7-31(29)37-25)27(17-23)28-18-24(34(41)42)12-10-22(28)14-16-26-20-36-30-6-2-4-8-32(30)38-26/h1-12,17-20H,(H,39,40)(H,41,42). The summed E-state index contributed by atoms with van der Waals surface area (Å²) < 4.78 is 0. The lowest BCUT2D eigenvalue weighted by Crippen LogP contribution is -2.01. The predicted octanol–water partition coefficient (Wildman–Crippen LogP) is 5.44. The van der Waals surface area contributed by atoms with E-state index < -0.39 is 11.9 Å². The molecular weight excluding hydrogens is 528 g/mol. The van der Waals surface area contributed by atoms with Crippen LogP contribution in [-0.2, 0) is 0 Å². The van der Waals surface area contributed by atoms with E-state index in [9.17, 15) is 19.8 Å². The summed E-state index contributed by atoms with van der Waals surface area (Å²) in [7, 11) is 0. The van der Waals surface area contributed by atoms with Crippen molar-refractivity contribution in [2.45, 2.75) is 0 Å². The van der Waals surface area contributed by atoms with Crippen LogP contribution in [0.5, 0.6) is 0 Å². The molecule has 0 aliphatic carbocycles. The number of hydrogen-bond donors (Lipinski definition) is 2. The van der Waals surface area contributed by atoms with Crippen LogP contribution in [0.4, 0.5) is 0 Å². The quantitative estimate of drug-likeness (QED) is 0.281. The highest BCUT2D eigenvalue weighted by atomic mass is 16.4. The third kappa shape index (κ3) is 5.37. The molecule has 0 atom stereocenters. The second-order valence-electron chi connectivity index (χ2n) is 9.12. The first-order valence-corrected chi connectivity index (χ1v) is 12.7. The minimum atomic E-state index is -1.13. The molecule has 8 heteroatoms.